The van der Waals surface area contributed by atoms with E-state index in [-0.39, 0.29) is 48.9 Å². The number of unbranched alkanes of at least 4 members (excludes halogenated alkanes) is 10. The summed E-state index contributed by atoms with van der Waals surface area (Å²) in [6, 6.07) is 8.45. The van der Waals surface area contributed by atoms with Crippen LogP contribution in [0, 0.1) is 29.1 Å². The number of phenolic OH excluding ortho intramolecular Hbond substituents is 4. The summed E-state index contributed by atoms with van der Waals surface area (Å²) in [7, 11) is 0. The van der Waals surface area contributed by atoms with E-state index in [4.69, 9.17) is 9.84 Å². The number of hydrogen-bond donors (Lipinski definition) is 8. The molecule has 2 aromatic carbocycles. The number of carbonyl (C=O) groups is 3. The Morgan fingerprint density at radius 2 is 1.34 bits per heavy atom. The summed E-state index contributed by atoms with van der Waals surface area (Å²) < 4.78 is 6.03. The average Bonchev–Trinajstić information content (AvgIpc) is 3.60. The largest absolute Gasteiger partial charge is 0.508 e. The molecule has 0 bridgehead atoms. The van der Waals surface area contributed by atoms with Gasteiger partial charge in [-0.2, -0.15) is 0 Å². The summed E-state index contributed by atoms with van der Waals surface area (Å²) in [4.78, 5) is 38.2. The summed E-state index contributed by atoms with van der Waals surface area (Å²) in [5.41, 5.74) is -4.10. The van der Waals surface area contributed by atoms with Gasteiger partial charge in [0.05, 0.1) is 12.2 Å². The van der Waals surface area contributed by atoms with Crippen LogP contribution < -0.4 is 0 Å². The molecule has 12 nitrogen and oxygen atoms in total. The number of benzene rings is 2. The smallest absolute Gasteiger partial charge is 0.306 e. The molecule has 12 heteroatoms. The molecule has 336 valence electrons. The molecule has 8 N–H and O–H groups in total. The number of Topliss-reactive ketones (excluding diaryl/α,β-unsaturated/α-hetero) is 2. The number of aliphatic hydroxyl groups excluding tert-OH is 1. The third kappa shape index (κ3) is 9.57. The molecule has 61 heavy (non-hydrogen) atoms. The predicted molar refractivity (Wildman–Crippen MR) is 230 cm³/mol. The lowest BCUT2D eigenvalue weighted by atomic mass is 9.59. The van der Waals surface area contributed by atoms with Crippen molar-refractivity contribution in [3.63, 3.8) is 0 Å². The van der Waals surface area contributed by atoms with Crippen molar-refractivity contribution in [2.45, 2.75) is 154 Å². The Morgan fingerprint density at radius 3 is 1.90 bits per heavy atom. The van der Waals surface area contributed by atoms with Gasteiger partial charge in [0.25, 0.3) is 0 Å². The van der Waals surface area contributed by atoms with E-state index in [0.717, 1.165) is 37.0 Å². The van der Waals surface area contributed by atoms with Crippen LogP contribution >= 0.6 is 0 Å². The molecule has 0 unspecified atom stereocenters. The molecular formula is C49H68O12. The van der Waals surface area contributed by atoms with E-state index in [9.17, 15) is 50.1 Å². The van der Waals surface area contributed by atoms with E-state index in [1.807, 2.05) is 13.8 Å². The maximum absolute atomic E-state index is 13.2. The van der Waals surface area contributed by atoms with Gasteiger partial charge in [-0.3, -0.25) is 14.4 Å². The Morgan fingerprint density at radius 1 is 0.787 bits per heavy atom. The van der Waals surface area contributed by atoms with Crippen molar-refractivity contribution in [3.8, 4) is 23.0 Å². The molecule has 0 amide bonds. The van der Waals surface area contributed by atoms with Crippen molar-refractivity contribution in [2.75, 3.05) is 6.61 Å². The predicted octanol–water partition coefficient (Wildman–Crippen LogP) is 7.51. The van der Waals surface area contributed by atoms with Gasteiger partial charge in [0, 0.05) is 60.5 Å². The zero-order chi connectivity index (χ0) is 44.9. The molecule has 2 aromatic rings. The number of phenols is 4. The highest BCUT2D eigenvalue weighted by molar-refractivity contribution is 6.05. The molecule has 0 heterocycles. The minimum atomic E-state index is -1.89. The summed E-state index contributed by atoms with van der Waals surface area (Å²) in [6.45, 7) is 9.07. The van der Waals surface area contributed by atoms with Crippen molar-refractivity contribution < 1.29 is 60.0 Å². The van der Waals surface area contributed by atoms with Crippen LogP contribution in [-0.2, 0) is 20.7 Å². The van der Waals surface area contributed by atoms with Gasteiger partial charge in [0.1, 0.15) is 45.9 Å². The quantitative estimate of drug-likeness (QED) is 0.0316. The molecule has 0 spiro atoms. The van der Waals surface area contributed by atoms with Crippen LogP contribution in [0.5, 0.6) is 23.0 Å². The molecule has 4 aliphatic carbocycles. The van der Waals surface area contributed by atoms with Gasteiger partial charge in [0.2, 0.25) is 0 Å². The Labute approximate surface area is 360 Å². The van der Waals surface area contributed by atoms with E-state index in [1.54, 1.807) is 38.1 Å². The highest BCUT2D eigenvalue weighted by Gasteiger charge is 2.85. The fraction of sp³-hybridized carbons (Fsp3) is 0.612. The summed E-state index contributed by atoms with van der Waals surface area (Å²) in [5.74, 6) is -5.13. The molecule has 0 aliphatic heterocycles. The van der Waals surface area contributed by atoms with E-state index in [0.29, 0.717) is 17.6 Å². The Hall–Kier alpha value is -4.23. The minimum Gasteiger partial charge on any atom is -0.508 e. The van der Waals surface area contributed by atoms with Crippen LogP contribution in [0.4, 0.5) is 0 Å². The molecule has 0 radical (unpaired) electrons. The summed E-state index contributed by atoms with van der Waals surface area (Å²) in [5, 5.41) is 83.9. The number of rotatable bonds is 18. The number of fused-ring (bicyclic) bond motifs is 5. The number of aromatic hydroxyl groups is 4. The van der Waals surface area contributed by atoms with E-state index < -0.39 is 75.1 Å². The maximum atomic E-state index is 13.2. The Bertz CT molecular complexity index is 1930. The molecule has 0 aromatic heterocycles. The fourth-order valence-electron chi connectivity index (χ4n) is 10.7. The molecular weight excluding hydrogens is 781 g/mol. The standard InChI is InChI=1S/C34H54O7.C15H14O5/c1-6-7-8-9-10-11-12-13-14-15-16-17-27(36)41-30-23(3)33(39)25(28-31(4,5)34(28,30)40)19-24(21-35)20-32(38)26(33)18-22(2)29(32)37;16-10-4-1-9(2-5-10)3-6-12(18)15-13(19)7-11(17)8-14(15)20/h18-19,23,25-26,28,30,35,38-40H,6-17,20-21H2,1-5H3;1-2,4-5,7-8,16-17,19-20H,3,6H2/t23-,25+,26-,28+,30-,32-,33-,34-;/m1./s1. The maximum Gasteiger partial charge on any atom is 0.306 e. The first kappa shape index (κ1) is 47.8. The number of esters is 1. The molecule has 0 saturated heterocycles. The normalized spacial score (nSPS) is 29.5. The number of ketones is 2. The average molecular weight is 849 g/mol. The first-order valence-corrected chi connectivity index (χ1v) is 22.2. The van der Waals surface area contributed by atoms with Gasteiger partial charge in [-0.05, 0) is 48.6 Å². The van der Waals surface area contributed by atoms with Crippen molar-refractivity contribution in [3.05, 3.63) is 70.8 Å². The van der Waals surface area contributed by atoms with Gasteiger partial charge in [-0.25, -0.2) is 0 Å². The third-order valence-corrected chi connectivity index (χ3v) is 14.2. The van der Waals surface area contributed by atoms with Crippen molar-refractivity contribution in [1.29, 1.82) is 0 Å². The third-order valence-electron chi connectivity index (χ3n) is 14.2. The molecule has 2 fully saturated rings. The first-order chi connectivity index (χ1) is 28.8. The van der Waals surface area contributed by atoms with Crippen LogP contribution in [0.15, 0.2) is 59.7 Å². The van der Waals surface area contributed by atoms with E-state index in [2.05, 4.69) is 6.92 Å². The second-order valence-corrected chi connectivity index (χ2v) is 18.6. The molecule has 6 rings (SSSR count). The zero-order valence-electron chi connectivity index (χ0n) is 36.5. The van der Waals surface area contributed by atoms with Crippen LogP contribution in [-0.4, -0.2) is 87.9 Å². The van der Waals surface area contributed by atoms with Crippen LogP contribution in [0.25, 0.3) is 0 Å². The Kier molecular flexibility index (Phi) is 15.2. The second kappa shape index (κ2) is 19.4. The highest BCUT2D eigenvalue weighted by atomic mass is 16.6. The first-order valence-electron chi connectivity index (χ1n) is 22.2. The molecule has 8 atom stereocenters. The lowest BCUT2D eigenvalue weighted by Gasteiger charge is -2.52. The van der Waals surface area contributed by atoms with Gasteiger partial charge in [-0.1, -0.05) is 116 Å². The van der Waals surface area contributed by atoms with Gasteiger partial charge in [0.15, 0.2) is 11.6 Å². The summed E-state index contributed by atoms with van der Waals surface area (Å²) in [6.07, 6.45) is 16.1. The number of ether oxygens (including phenoxy) is 1. The monoisotopic (exact) mass is 848 g/mol. The van der Waals surface area contributed by atoms with E-state index >= 15 is 0 Å². The lowest BCUT2D eigenvalue weighted by molar-refractivity contribution is -0.221. The highest BCUT2D eigenvalue weighted by Crippen LogP contribution is 2.75. The lowest BCUT2D eigenvalue weighted by Crippen LogP contribution is -2.65. The van der Waals surface area contributed by atoms with Crippen molar-refractivity contribution in [2.24, 2.45) is 29.1 Å². The topological polar surface area (TPSA) is 222 Å². The number of aryl methyl sites for hydroxylation is 1. The van der Waals surface area contributed by atoms with Gasteiger partial charge in [-0.15, -0.1) is 0 Å². The van der Waals surface area contributed by atoms with Crippen LogP contribution in [0.2, 0.25) is 0 Å². The second-order valence-electron chi connectivity index (χ2n) is 18.6. The van der Waals surface area contributed by atoms with Crippen LogP contribution in [0.3, 0.4) is 0 Å². The molecule has 2 saturated carbocycles. The van der Waals surface area contributed by atoms with Crippen LogP contribution in [0.1, 0.15) is 140 Å². The fourth-order valence-corrected chi connectivity index (χ4v) is 10.7. The molecule has 4 aliphatic rings. The van der Waals surface area contributed by atoms with Gasteiger partial charge >= 0.3 is 5.97 Å². The Balaban J connectivity index is 0.000000294. The number of hydrogen-bond acceptors (Lipinski definition) is 12. The zero-order valence-corrected chi connectivity index (χ0v) is 36.5. The van der Waals surface area contributed by atoms with Crippen molar-refractivity contribution >= 4 is 17.5 Å². The van der Waals surface area contributed by atoms with Gasteiger partial charge < -0.3 is 45.6 Å². The van der Waals surface area contributed by atoms with Crippen molar-refractivity contribution in [1.82, 2.24) is 0 Å². The van der Waals surface area contributed by atoms with E-state index in [1.165, 1.54) is 63.5 Å². The number of carbonyl (C=O) groups excluding carboxylic acids is 3. The SMILES string of the molecule is CCCCCCCCCCCCCC(=O)O[C@@H]1[C@@H](C)[C@@]2(O)[C@@H](C=C(CO)C[C@]3(O)C(=O)C(C)=C[C@@H]23)[C@H]2C(C)(C)[C@]12O.O=C(CCc1ccc(O)cc1)c1c(O)cc(O)cc1O. The minimum absolute atomic E-state index is 0.0821. The number of aliphatic hydroxyl groups is 4. The summed E-state index contributed by atoms with van der Waals surface area (Å²) >= 11 is 0.